The molecule has 1 aliphatic heterocycles. The maximum atomic E-state index is 5.84. The first-order valence-electron chi connectivity index (χ1n) is 5.70. The molecular formula is C10H19N5O. The minimum absolute atomic E-state index is 0.260. The molecule has 1 unspecified atom stereocenters. The zero-order valence-electron chi connectivity index (χ0n) is 9.65. The van der Waals surface area contributed by atoms with E-state index in [1.807, 2.05) is 0 Å². The number of hydrogen-bond donors (Lipinski definition) is 2. The van der Waals surface area contributed by atoms with E-state index in [4.69, 9.17) is 10.5 Å². The first kappa shape index (κ1) is 11.3. The van der Waals surface area contributed by atoms with Gasteiger partial charge in [-0.25, -0.2) is 0 Å². The number of nitrogens with zero attached hydrogens (tertiary/aromatic N) is 3. The largest absolute Gasteiger partial charge is 0.385 e. The predicted molar refractivity (Wildman–Crippen MR) is 61.4 cm³/mol. The van der Waals surface area contributed by atoms with Gasteiger partial charge in [0, 0.05) is 39.3 Å². The fourth-order valence-corrected chi connectivity index (χ4v) is 1.89. The minimum atomic E-state index is 0.260. The van der Waals surface area contributed by atoms with Crippen LogP contribution in [0.25, 0.3) is 0 Å². The smallest absolute Gasteiger partial charge is 0.244 e. The van der Waals surface area contributed by atoms with Gasteiger partial charge in [0.2, 0.25) is 5.95 Å². The molecule has 16 heavy (non-hydrogen) atoms. The van der Waals surface area contributed by atoms with Crippen LogP contribution in [0.15, 0.2) is 0 Å². The van der Waals surface area contributed by atoms with Crippen LogP contribution in [0.1, 0.15) is 18.7 Å². The monoisotopic (exact) mass is 225 g/mol. The zero-order valence-corrected chi connectivity index (χ0v) is 9.65. The molecule has 0 radical (unpaired) electrons. The number of nitrogens with two attached hydrogens (primary N) is 1. The average molecular weight is 225 g/mol. The summed E-state index contributed by atoms with van der Waals surface area (Å²) in [5, 5.41) is 7.16. The van der Waals surface area contributed by atoms with Crippen molar-refractivity contribution in [2.75, 3.05) is 31.7 Å². The van der Waals surface area contributed by atoms with E-state index >= 15 is 0 Å². The van der Waals surface area contributed by atoms with E-state index in [1.54, 1.807) is 7.11 Å². The summed E-state index contributed by atoms with van der Waals surface area (Å²) in [5.74, 6) is 1.70. The first-order chi connectivity index (χ1) is 7.79. The Kier molecular flexibility index (Phi) is 3.74. The molecule has 6 nitrogen and oxygen atoms in total. The molecule has 2 heterocycles. The van der Waals surface area contributed by atoms with Crippen LogP contribution in [0.3, 0.4) is 0 Å². The number of ether oxygens (including phenoxy) is 1. The molecule has 0 spiro atoms. The molecule has 1 atom stereocenters. The van der Waals surface area contributed by atoms with Gasteiger partial charge in [-0.2, -0.15) is 4.98 Å². The van der Waals surface area contributed by atoms with Crippen molar-refractivity contribution in [1.82, 2.24) is 15.2 Å². The maximum absolute atomic E-state index is 5.84. The number of rotatable bonds is 5. The third kappa shape index (κ3) is 2.70. The van der Waals surface area contributed by atoms with Gasteiger partial charge in [0.15, 0.2) is 0 Å². The number of anilines is 1. The standard InChI is InChI=1S/C10H19N5O/c1-16-6-2-3-9-12-10(14-13-9)15-5-4-8(11)7-15/h8H,2-7,11H2,1H3,(H,12,13,14). The fourth-order valence-electron chi connectivity index (χ4n) is 1.89. The highest BCUT2D eigenvalue weighted by Gasteiger charge is 2.22. The Bertz CT molecular complexity index is 327. The average Bonchev–Trinajstić information content (AvgIpc) is 2.87. The lowest BCUT2D eigenvalue weighted by atomic mass is 10.3. The lowest BCUT2D eigenvalue weighted by molar-refractivity contribution is 0.194. The van der Waals surface area contributed by atoms with Crippen LogP contribution in [0, 0.1) is 0 Å². The molecule has 1 aromatic rings. The van der Waals surface area contributed by atoms with Crippen LogP contribution in [0.5, 0.6) is 0 Å². The lowest BCUT2D eigenvalue weighted by Crippen LogP contribution is -2.27. The highest BCUT2D eigenvalue weighted by atomic mass is 16.5. The van der Waals surface area contributed by atoms with E-state index in [0.29, 0.717) is 0 Å². The topological polar surface area (TPSA) is 80.1 Å². The lowest BCUT2D eigenvalue weighted by Gasteiger charge is -2.11. The number of nitrogens with one attached hydrogen (secondary N) is 1. The summed E-state index contributed by atoms with van der Waals surface area (Å²) < 4.78 is 5.00. The van der Waals surface area contributed by atoms with Crippen LogP contribution in [-0.4, -0.2) is 48.0 Å². The van der Waals surface area contributed by atoms with E-state index in [2.05, 4.69) is 20.1 Å². The maximum Gasteiger partial charge on any atom is 0.244 e. The Balaban J connectivity index is 1.87. The third-order valence-electron chi connectivity index (χ3n) is 2.79. The number of aryl methyl sites for hydroxylation is 1. The van der Waals surface area contributed by atoms with Gasteiger partial charge in [-0.3, -0.25) is 5.10 Å². The number of aromatic amines is 1. The molecule has 0 aliphatic carbocycles. The van der Waals surface area contributed by atoms with Crippen molar-refractivity contribution in [1.29, 1.82) is 0 Å². The van der Waals surface area contributed by atoms with Gasteiger partial charge in [0.05, 0.1) is 0 Å². The number of H-pyrrole nitrogens is 1. The van der Waals surface area contributed by atoms with Gasteiger partial charge in [0.1, 0.15) is 5.82 Å². The summed E-state index contributed by atoms with van der Waals surface area (Å²) in [4.78, 5) is 6.57. The quantitative estimate of drug-likeness (QED) is 0.685. The molecular weight excluding hydrogens is 206 g/mol. The second-order valence-corrected chi connectivity index (χ2v) is 4.17. The van der Waals surface area contributed by atoms with Gasteiger partial charge in [-0.15, -0.1) is 5.10 Å². The Morgan fingerprint density at radius 3 is 3.19 bits per heavy atom. The van der Waals surface area contributed by atoms with Crippen LogP contribution in [0.4, 0.5) is 5.95 Å². The zero-order chi connectivity index (χ0) is 11.4. The van der Waals surface area contributed by atoms with Crippen molar-refractivity contribution in [2.24, 2.45) is 5.73 Å². The van der Waals surface area contributed by atoms with Gasteiger partial charge < -0.3 is 15.4 Å². The molecule has 0 bridgehead atoms. The Morgan fingerprint density at radius 2 is 2.50 bits per heavy atom. The van der Waals surface area contributed by atoms with E-state index in [-0.39, 0.29) is 6.04 Å². The van der Waals surface area contributed by atoms with Crippen LogP contribution >= 0.6 is 0 Å². The molecule has 90 valence electrons. The second kappa shape index (κ2) is 5.27. The molecule has 0 amide bonds. The molecule has 0 aromatic carbocycles. The van der Waals surface area contributed by atoms with Crippen molar-refractivity contribution in [3.63, 3.8) is 0 Å². The van der Waals surface area contributed by atoms with E-state index in [1.165, 1.54) is 0 Å². The van der Waals surface area contributed by atoms with Gasteiger partial charge >= 0.3 is 0 Å². The van der Waals surface area contributed by atoms with Crippen LogP contribution in [0.2, 0.25) is 0 Å². The molecule has 2 rings (SSSR count). The van der Waals surface area contributed by atoms with Crippen LogP contribution < -0.4 is 10.6 Å². The van der Waals surface area contributed by atoms with E-state index in [9.17, 15) is 0 Å². The Labute approximate surface area is 95.2 Å². The number of methoxy groups -OCH3 is 1. The molecule has 1 aromatic heterocycles. The first-order valence-corrected chi connectivity index (χ1v) is 5.70. The Hall–Kier alpha value is -1.14. The minimum Gasteiger partial charge on any atom is -0.385 e. The summed E-state index contributed by atoms with van der Waals surface area (Å²) in [6, 6.07) is 0.260. The van der Waals surface area contributed by atoms with Gasteiger partial charge in [0.25, 0.3) is 0 Å². The summed E-state index contributed by atoms with van der Waals surface area (Å²) in [5.41, 5.74) is 5.84. The van der Waals surface area contributed by atoms with Crippen molar-refractivity contribution in [3.8, 4) is 0 Å². The van der Waals surface area contributed by atoms with Crippen molar-refractivity contribution in [3.05, 3.63) is 5.82 Å². The molecule has 0 saturated carbocycles. The molecule has 1 saturated heterocycles. The summed E-state index contributed by atoms with van der Waals surface area (Å²) >= 11 is 0. The molecule has 1 fully saturated rings. The van der Waals surface area contributed by atoms with Crippen LogP contribution in [-0.2, 0) is 11.2 Å². The van der Waals surface area contributed by atoms with E-state index < -0.39 is 0 Å². The Morgan fingerprint density at radius 1 is 1.62 bits per heavy atom. The second-order valence-electron chi connectivity index (χ2n) is 4.17. The predicted octanol–water partition coefficient (Wildman–Crippen LogP) is -0.0789. The van der Waals surface area contributed by atoms with Crippen molar-refractivity contribution in [2.45, 2.75) is 25.3 Å². The third-order valence-corrected chi connectivity index (χ3v) is 2.79. The molecule has 3 N–H and O–H groups in total. The van der Waals surface area contributed by atoms with Crippen molar-refractivity contribution < 1.29 is 4.74 Å². The van der Waals surface area contributed by atoms with Crippen molar-refractivity contribution >= 4 is 5.95 Å². The highest BCUT2D eigenvalue weighted by Crippen LogP contribution is 2.14. The number of aromatic nitrogens is 3. The molecule has 6 heteroatoms. The normalized spacial score (nSPS) is 20.6. The van der Waals surface area contributed by atoms with Gasteiger partial charge in [-0.1, -0.05) is 0 Å². The highest BCUT2D eigenvalue weighted by molar-refractivity contribution is 5.31. The van der Waals surface area contributed by atoms with E-state index in [0.717, 1.165) is 50.7 Å². The SMILES string of the molecule is COCCCc1nc(N2CCC(N)C2)n[nH]1. The summed E-state index contributed by atoms with van der Waals surface area (Å²) in [7, 11) is 1.71. The summed E-state index contributed by atoms with van der Waals surface area (Å²) in [6.45, 7) is 2.57. The number of hydrogen-bond acceptors (Lipinski definition) is 5. The van der Waals surface area contributed by atoms with Gasteiger partial charge in [-0.05, 0) is 12.8 Å². The summed E-state index contributed by atoms with van der Waals surface area (Å²) in [6.07, 6.45) is 2.86. The molecule has 1 aliphatic rings. The fraction of sp³-hybridized carbons (Fsp3) is 0.800.